The van der Waals surface area contributed by atoms with Crippen LogP contribution in [-0.2, 0) is 9.59 Å². The Kier molecular flexibility index (Phi) is 4.72. The van der Waals surface area contributed by atoms with E-state index in [2.05, 4.69) is 10.3 Å². The molecule has 2 heterocycles. The molecule has 3 rings (SSSR count). The first-order valence-electron chi connectivity index (χ1n) is 7.14. The number of anilines is 1. The number of nitrogens with one attached hydrogen (secondary N) is 1. The predicted molar refractivity (Wildman–Crippen MR) is 92.0 cm³/mol. The van der Waals surface area contributed by atoms with Crippen molar-refractivity contribution in [2.75, 3.05) is 11.9 Å². The van der Waals surface area contributed by atoms with E-state index >= 15 is 0 Å². The molecule has 0 unspecified atom stereocenters. The number of carbonyl (C=O) groups is 3. The van der Waals surface area contributed by atoms with E-state index in [9.17, 15) is 14.4 Å². The van der Waals surface area contributed by atoms with Crippen LogP contribution in [0.1, 0.15) is 5.56 Å². The summed E-state index contributed by atoms with van der Waals surface area (Å²) in [6, 6.07) is 12.3. The lowest BCUT2D eigenvalue weighted by Crippen LogP contribution is -2.36. The van der Waals surface area contributed by atoms with Gasteiger partial charge < -0.3 is 5.32 Å². The number of hydrogen-bond acceptors (Lipinski definition) is 5. The minimum atomic E-state index is -0.468. The van der Waals surface area contributed by atoms with Crippen LogP contribution in [0.3, 0.4) is 0 Å². The SMILES string of the molecule is O=C(CN1C(=O)S/C(=C\c2ccncc2)C1=O)Nc1ccccc1. The van der Waals surface area contributed by atoms with E-state index in [1.54, 1.807) is 54.9 Å². The van der Waals surface area contributed by atoms with Crippen molar-refractivity contribution in [1.29, 1.82) is 0 Å². The lowest BCUT2D eigenvalue weighted by atomic mass is 10.2. The minimum Gasteiger partial charge on any atom is -0.325 e. The number of carbonyl (C=O) groups excluding carboxylic acids is 3. The number of amides is 3. The van der Waals surface area contributed by atoms with Gasteiger partial charge in [0.25, 0.3) is 11.1 Å². The van der Waals surface area contributed by atoms with Crippen molar-refractivity contribution in [3.63, 3.8) is 0 Å². The minimum absolute atomic E-state index is 0.290. The molecule has 0 saturated carbocycles. The van der Waals surface area contributed by atoms with E-state index < -0.39 is 17.1 Å². The maximum absolute atomic E-state index is 12.3. The fourth-order valence-corrected chi connectivity index (χ4v) is 2.95. The highest BCUT2D eigenvalue weighted by Gasteiger charge is 2.36. The molecule has 1 fully saturated rings. The maximum atomic E-state index is 12.3. The molecule has 1 aliphatic heterocycles. The second-order valence-electron chi connectivity index (χ2n) is 4.96. The normalized spacial score (nSPS) is 15.8. The highest BCUT2D eigenvalue weighted by atomic mass is 32.2. The Hall–Kier alpha value is -2.93. The first kappa shape index (κ1) is 15.9. The highest BCUT2D eigenvalue weighted by Crippen LogP contribution is 2.31. The van der Waals surface area contributed by atoms with Crippen molar-refractivity contribution in [3.05, 3.63) is 65.3 Å². The summed E-state index contributed by atoms with van der Waals surface area (Å²) >= 11 is 0.823. The maximum Gasteiger partial charge on any atom is 0.294 e. The Morgan fingerprint density at radius 2 is 1.83 bits per heavy atom. The van der Waals surface area contributed by atoms with E-state index in [1.807, 2.05) is 6.07 Å². The van der Waals surface area contributed by atoms with E-state index in [-0.39, 0.29) is 6.54 Å². The zero-order valence-corrected chi connectivity index (χ0v) is 13.3. The van der Waals surface area contributed by atoms with Gasteiger partial charge in [0.2, 0.25) is 5.91 Å². The molecule has 0 atom stereocenters. The molecule has 0 spiro atoms. The van der Waals surface area contributed by atoms with E-state index in [0.717, 1.165) is 22.2 Å². The fraction of sp³-hybridized carbons (Fsp3) is 0.0588. The first-order chi connectivity index (χ1) is 11.6. The van der Waals surface area contributed by atoms with Crippen LogP contribution >= 0.6 is 11.8 Å². The van der Waals surface area contributed by atoms with Crippen LogP contribution in [-0.4, -0.2) is 33.5 Å². The Morgan fingerprint density at radius 1 is 1.12 bits per heavy atom. The number of rotatable bonds is 4. The average Bonchev–Trinajstić information content (AvgIpc) is 2.84. The summed E-state index contributed by atoms with van der Waals surface area (Å²) in [6.45, 7) is -0.312. The molecule has 1 saturated heterocycles. The van der Waals surface area contributed by atoms with E-state index in [4.69, 9.17) is 0 Å². The molecule has 120 valence electrons. The Balaban J connectivity index is 1.68. The van der Waals surface area contributed by atoms with Crippen LogP contribution in [0.25, 0.3) is 6.08 Å². The standard InChI is InChI=1S/C17H13N3O3S/c21-15(19-13-4-2-1-3-5-13)11-20-16(22)14(24-17(20)23)10-12-6-8-18-9-7-12/h1-10H,11H2,(H,19,21)/b14-10-. The van der Waals surface area contributed by atoms with Gasteiger partial charge in [-0.25, -0.2) is 0 Å². The summed E-state index contributed by atoms with van der Waals surface area (Å²) in [5.74, 6) is -0.890. The van der Waals surface area contributed by atoms with Gasteiger partial charge in [-0.1, -0.05) is 18.2 Å². The van der Waals surface area contributed by atoms with Gasteiger partial charge in [-0.2, -0.15) is 0 Å². The van der Waals surface area contributed by atoms with Gasteiger partial charge in [0, 0.05) is 18.1 Å². The molecule has 3 amide bonds. The Labute approximate surface area is 142 Å². The van der Waals surface area contributed by atoms with Crippen molar-refractivity contribution >= 4 is 40.6 Å². The van der Waals surface area contributed by atoms with Gasteiger partial charge in [0.15, 0.2) is 0 Å². The number of para-hydroxylation sites is 1. The third kappa shape index (κ3) is 3.69. The lowest BCUT2D eigenvalue weighted by Gasteiger charge is -2.12. The van der Waals surface area contributed by atoms with Gasteiger partial charge >= 0.3 is 0 Å². The van der Waals surface area contributed by atoms with Gasteiger partial charge in [-0.15, -0.1) is 0 Å². The van der Waals surface area contributed by atoms with Crippen molar-refractivity contribution < 1.29 is 14.4 Å². The van der Waals surface area contributed by atoms with Crippen LogP contribution in [0.15, 0.2) is 59.8 Å². The van der Waals surface area contributed by atoms with Crippen LogP contribution in [0, 0.1) is 0 Å². The Morgan fingerprint density at radius 3 is 2.54 bits per heavy atom. The Bertz CT molecular complexity index is 806. The smallest absolute Gasteiger partial charge is 0.294 e. The molecule has 1 aromatic heterocycles. The first-order valence-corrected chi connectivity index (χ1v) is 7.95. The summed E-state index contributed by atoms with van der Waals surface area (Å²) in [6.07, 6.45) is 4.81. The summed E-state index contributed by atoms with van der Waals surface area (Å²) < 4.78 is 0. The average molecular weight is 339 g/mol. The van der Waals surface area contributed by atoms with Crippen molar-refractivity contribution in [2.45, 2.75) is 0 Å². The van der Waals surface area contributed by atoms with Crippen LogP contribution in [0.5, 0.6) is 0 Å². The number of benzene rings is 1. The number of imide groups is 1. The summed E-state index contributed by atoms with van der Waals surface area (Å²) in [5, 5.41) is 2.20. The highest BCUT2D eigenvalue weighted by molar-refractivity contribution is 8.18. The molecule has 24 heavy (non-hydrogen) atoms. The summed E-state index contributed by atoms with van der Waals surface area (Å²) in [4.78, 5) is 41.5. The van der Waals surface area contributed by atoms with Crippen LogP contribution < -0.4 is 5.32 Å². The second-order valence-corrected chi connectivity index (χ2v) is 5.96. The monoisotopic (exact) mass is 339 g/mol. The molecule has 6 nitrogen and oxygen atoms in total. The molecule has 0 radical (unpaired) electrons. The molecule has 1 aromatic carbocycles. The molecule has 1 N–H and O–H groups in total. The van der Waals surface area contributed by atoms with Gasteiger partial charge in [0.05, 0.1) is 4.91 Å². The largest absolute Gasteiger partial charge is 0.325 e. The third-order valence-electron chi connectivity index (χ3n) is 3.24. The van der Waals surface area contributed by atoms with Crippen LogP contribution in [0.4, 0.5) is 10.5 Å². The molecular weight excluding hydrogens is 326 g/mol. The quantitative estimate of drug-likeness (QED) is 0.867. The molecule has 2 aromatic rings. The van der Waals surface area contributed by atoms with Gasteiger partial charge in [-0.05, 0) is 47.7 Å². The zero-order valence-electron chi connectivity index (χ0n) is 12.5. The molecule has 7 heteroatoms. The topological polar surface area (TPSA) is 79.4 Å². The molecule has 0 aliphatic carbocycles. The number of pyridine rings is 1. The number of nitrogens with zero attached hydrogens (tertiary/aromatic N) is 2. The fourth-order valence-electron chi connectivity index (χ4n) is 2.11. The summed E-state index contributed by atoms with van der Waals surface area (Å²) in [5.41, 5.74) is 1.38. The number of aromatic nitrogens is 1. The van der Waals surface area contributed by atoms with Gasteiger partial charge in [0.1, 0.15) is 6.54 Å². The number of thioether (sulfide) groups is 1. The van der Waals surface area contributed by atoms with Crippen LogP contribution in [0.2, 0.25) is 0 Å². The molecule has 1 aliphatic rings. The van der Waals surface area contributed by atoms with Gasteiger partial charge in [-0.3, -0.25) is 24.3 Å². The van der Waals surface area contributed by atoms with Crippen molar-refractivity contribution in [1.82, 2.24) is 9.88 Å². The number of hydrogen-bond donors (Lipinski definition) is 1. The lowest BCUT2D eigenvalue weighted by molar-refractivity contribution is -0.127. The molecular formula is C17H13N3O3S. The zero-order chi connectivity index (χ0) is 16.9. The van der Waals surface area contributed by atoms with Crippen molar-refractivity contribution in [3.8, 4) is 0 Å². The van der Waals surface area contributed by atoms with E-state index in [0.29, 0.717) is 10.6 Å². The summed E-state index contributed by atoms with van der Waals surface area (Å²) in [7, 11) is 0. The third-order valence-corrected chi connectivity index (χ3v) is 4.14. The van der Waals surface area contributed by atoms with Crippen molar-refractivity contribution in [2.24, 2.45) is 0 Å². The second kappa shape index (κ2) is 7.10. The molecule has 0 bridgehead atoms. The predicted octanol–water partition coefficient (Wildman–Crippen LogP) is 2.76. The van der Waals surface area contributed by atoms with E-state index in [1.165, 1.54) is 0 Å².